The summed E-state index contributed by atoms with van der Waals surface area (Å²) in [5.74, 6) is 0. The quantitative estimate of drug-likeness (QED) is 0.770. The molecule has 0 saturated heterocycles. The molecule has 0 radical (unpaired) electrons. The van der Waals surface area contributed by atoms with Crippen LogP contribution in [-0.2, 0) is 6.42 Å². The van der Waals surface area contributed by atoms with Crippen molar-refractivity contribution in [3.8, 4) is 0 Å². The molecule has 0 amide bonds. The maximum Gasteiger partial charge on any atom is 0.0470 e. The van der Waals surface area contributed by atoms with Crippen molar-refractivity contribution in [3.05, 3.63) is 35.9 Å². The zero-order valence-corrected chi connectivity index (χ0v) is 11.3. The standard InChI is InChI=1S/C15H22N2/c1-6-12-8-7-9-13-10-15(2,16(3)4)11-17(5)14(12)13/h6-9H,1,10-11H2,2-5H3. The normalized spacial score (nSPS) is 23.7. The van der Waals surface area contributed by atoms with E-state index in [2.05, 4.69) is 62.6 Å². The van der Waals surface area contributed by atoms with E-state index in [4.69, 9.17) is 0 Å². The summed E-state index contributed by atoms with van der Waals surface area (Å²) < 4.78 is 0. The lowest BCUT2D eigenvalue weighted by molar-refractivity contribution is 0.173. The summed E-state index contributed by atoms with van der Waals surface area (Å²) in [7, 11) is 6.50. The molecule has 2 nitrogen and oxygen atoms in total. The first-order valence-corrected chi connectivity index (χ1v) is 6.11. The van der Waals surface area contributed by atoms with Crippen molar-refractivity contribution in [1.29, 1.82) is 0 Å². The summed E-state index contributed by atoms with van der Waals surface area (Å²) in [4.78, 5) is 4.68. The predicted octanol–water partition coefficient (Wildman–Crippen LogP) is 2.64. The van der Waals surface area contributed by atoms with Gasteiger partial charge in [0.2, 0.25) is 0 Å². The zero-order valence-electron chi connectivity index (χ0n) is 11.3. The van der Waals surface area contributed by atoms with Crippen molar-refractivity contribution >= 4 is 11.8 Å². The van der Waals surface area contributed by atoms with Gasteiger partial charge in [-0.1, -0.05) is 30.9 Å². The molecule has 0 saturated carbocycles. The highest BCUT2D eigenvalue weighted by molar-refractivity contribution is 5.71. The SMILES string of the molecule is C=Cc1cccc2c1N(C)CC(C)(N(C)C)C2. The summed E-state index contributed by atoms with van der Waals surface area (Å²) in [5.41, 5.74) is 4.22. The van der Waals surface area contributed by atoms with Gasteiger partial charge in [-0.3, -0.25) is 0 Å². The Morgan fingerprint density at radius 1 is 1.41 bits per heavy atom. The van der Waals surface area contributed by atoms with Gasteiger partial charge in [0, 0.05) is 24.8 Å². The first-order valence-electron chi connectivity index (χ1n) is 6.11. The van der Waals surface area contributed by atoms with Gasteiger partial charge in [-0.25, -0.2) is 0 Å². The van der Waals surface area contributed by atoms with Crippen LogP contribution in [0.5, 0.6) is 0 Å². The van der Waals surface area contributed by atoms with Crippen molar-refractivity contribution in [1.82, 2.24) is 4.90 Å². The van der Waals surface area contributed by atoms with E-state index in [1.54, 1.807) is 0 Å². The van der Waals surface area contributed by atoms with Gasteiger partial charge in [0.15, 0.2) is 0 Å². The summed E-state index contributed by atoms with van der Waals surface area (Å²) in [6.07, 6.45) is 3.05. The Kier molecular flexibility index (Phi) is 3.00. The third-order valence-corrected chi connectivity index (χ3v) is 3.98. The topological polar surface area (TPSA) is 6.48 Å². The molecule has 1 aromatic carbocycles. The Morgan fingerprint density at radius 3 is 2.71 bits per heavy atom. The smallest absolute Gasteiger partial charge is 0.0470 e. The lowest BCUT2D eigenvalue weighted by Crippen LogP contribution is -2.54. The average molecular weight is 230 g/mol. The number of likely N-dealkylation sites (N-methyl/N-ethyl adjacent to an activating group) is 2. The van der Waals surface area contributed by atoms with Gasteiger partial charge in [-0.2, -0.15) is 0 Å². The number of benzene rings is 1. The fourth-order valence-corrected chi connectivity index (χ4v) is 2.74. The first-order chi connectivity index (χ1) is 7.98. The molecule has 1 aliphatic rings. The molecular weight excluding hydrogens is 208 g/mol. The molecule has 0 aliphatic carbocycles. The Hall–Kier alpha value is -1.28. The molecule has 1 unspecified atom stereocenters. The highest BCUT2D eigenvalue weighted by atomic mass is 15.2. The van der Waals surface area contributed by atoms with Crippen molar-refractivity contribution in [2.45, 2.75) is 18.9 Å². The monoisotopic (exact) mass is 230 g/mol. The van der Waals surface area contributed by atoms with E-state index in [0.29, 0.717) is 0 Å². The van der Waals surface area contributed by atoms with Gasteiger partial charge >= 0.3 is 0 Å². The molecule has 0 bridgehead atoms. The van der Waals surface area contributed by atoms with Crippen LogP contribution >= 0.6 is 0 Å². The second kappa shape index (κ2) is 4.19. The maximum atomic E-state index is 3.91. The highest BCUT2D eigenvalue weighted by Gasteiger charge is 2.34. The van der Waals surface area contributed by atoms with Crippen LogP contribution in [0.15, 0.2) is 24.8 Å². The van der Waals surface area contributed by atoms with Crippen molar-refractivity contribution < 1.29 is 0 Å². The van der Waals surface area contributed by atoms with Crippen molar-refractivity contribution in [2.24, 2.45) is 0 Å². The zero-order chi connectivity index (χ0) is 12.6. The van der Waals surface area contributed by atoms with Crippen LogP contribution in [0.25, 0.3) is 6.08 Å². The molecule has 2 rings (SSSR count). The Labute approximate surface area is 105 Å². The molecule has 1 aliphatic heterocycles. The van der Waals surface area contributed by atoms with Crippen LogP contribution in [-0.4, -0.2) is 38.1 Å². The maximum absolute atomic E-state index is 3.91. The van der Waals surface area contributed by atoms with Gasteiger partial charge in [0.05, 0.1) is 0 Å². The van der Waals surface area contributed by atoms with Gasteiger partial charge in [-0.15, -0.1) is 0 Å². The largest absolute Gasteiger partial charge is 0.372 e. The van der Waals surface area contributed by atoms with Crippen LogP contribution < -0.4 is 4.90 Å². The summed E-state index contributed by atoms with van der Waals surface area (Å²) in [5, 5.41) is 0. The van der Waals surface area contributed by atoms with Crippen LogP contribution in [0.3, 0.4) is 0 Å². The second-order valence-electron chi connectivity index (χ2n) is 5.48. The molecule has 17 heavy (non-hydrogen) atoms. The molecule has 92 valence electrons. The number of hydrogen-bond donors (Lipinski definition) is 0. The van der Waals surface area contributed by atoms with Gasteiger partial charge in [0.1, 0.15) is 0 Å². The van der Waals surface area contributed by atoms with Crippen LogP contribution in [0.4, 0.5) is 5.69 Å². The summed E-state index contributed by atoms with van der Waals surface area (Å²) in [6.45, 7) is 7.29. The number of fused-ring (bicyclic) bond motifs is 1. The Bertz CT molecular complexity index is 437. The molecule has 1 aromatic rings. The third-order valence-electron chi connectivity index (χ3n) is 3.98. The Balaban J connectivity index is 2.48. The van der Waals surface area contributed by atoms with Crippen LogP contribution in [0.1, 0.15) is 18.1 Å². The van der Waals surface area contributed by atoms with E-state index in [1.165, 1.54) is 16.8 Å². The van der Waals surface area contributed by atoms with Gasteiger partial charge < -0.3 is 9.80 Å². The van der Waals surface area contributed by atoms with E-state index >= 15 is 0 Å². The van der Waals surface area contributed by atoms with E-state index < -0.39 is 0 Å². The first kappa shape index (κ1) is 12.2. The summed E-state index contributed by atoms with van der Waals surface area (Å²) >= 11 is 0. The minimum absolute atomic E-state index is 0.210. The van der Waals surface area contributed by atoms with E-state index in [1.807, 2.05) is 6.08 Å². The molecular formula is C15H22N2. The fourth-order valence-electron chi connectivity index (χ4n) is 2.74. The number of rotatable bonds is 2. The molecule has 0 aromatic heterocycles. The molecule has 0 fully saturated rings. The second-order valence-corrected chi connectivity index (χ2v) is 5.48. The van der Waals surface area contributed by atoms with Gasteiger partial charge in [-0.05, 0) is 38.6 Å². The van der Waals surface area contributed by atoms with Crippen molar-refractivity contribution in [2.75, 3.05) is 32.6 Å². The highest BCUT2D eigenvalue weighted by Crippen LogP contribution is 2.35. The Morgan fingerprint density at radius 2 is 2.12 bits per heavy atom. The van der Waals surface area contributed by atoms with Crippen LogP contribution in [0.2, 0.25) is 0 Å². The fraction of sp³-hybridized carbons (Fsp3) is 0.467. The summed E-state index contributed by atoms with van der Waals surface area (Å²) in [6, 6.07) is 6.51. The lowest BCUT2D eigenvalue weighted by atomic mass is 9.85. The molecule has 1 heterocycles. The van der Waals surface area contributed by atoms with E-state index in [9.17, 15) is 0 Å². The minimum atomic E-state index is 0.210. The lowest BCUT2D eigenvalue weighted by Gasteiger charge is -2.45. The number of hydrogen-bond acceptors (Lipinski definition) is 2. The predicted molar refractivity (Wildman–Crippen MR) is 75.6 cm³/mol. The number of anilines is 1. The molecule has 2 heteroatoms. The number of nitrogens with zero attached hydrogens (tertiary/aromatic N) is 2. The van der Waals surface area contributed by atoms with E-state index in [0.717, 1.165) is 13.0 Å². The van der Waals surface area contributed by atoms with Crippen LogP contribution in [0, 0.1) is 0 Å². The molecule has 1 atom stereocenters. The molecule has 0 N–H and O–H groups in total. The third kappa shape index (κ3) is 1.98. The molecule has 0 spiro atoms. The minimum Gasteiger partial charge on any atom is -0.372 e. The van der Waals surface area contributed by atoms with Gasteiger partial charge in [0.25, 0.3) is 0 Å². The average Bonchev–Trinajstić information content (AvgIpc) is 2.27. The van der Waals surface area contributed by atoms with E-state index in [-0.39, 0.29) is 5.54 Å². The van der Waals surface area contributed by atoms with Crippen molar-refractivity contribution in [3.63, 3.8) is 0 Å². The number of para-hydroxylation sites is 1.